The highest BCUT2D eigenvalue weighted by molar-refractivity contribution is 5.76. The van der Waals surface area contributed by atoms with E-state index in [-0.39, 0.29) is 11.1 Å². The molecule has 364 valence electrons. The van der Waals surface area contributed by atoms with Crippen LogP contribution >= 0.6 is 0 Å². The van der Waals surface area contributed by atoms with Crippen molar-refractivity contribution in [1.82, 2.24) is 20.2 Å². The molecule has 14 nitrogen and oxygen atoms in total. The molecule has 4 saturated heterocycles. The zero-order chi connectivity index (χ0) is 47.4. The van der Waals surface area contributed by atoms with Crippen LogP contribution in [0.15, 0.2) is 107 Å². The third kappa shape index (κ3) is 10.3. The molecule has 2 unspecified atom stereocenters. The Labute approximate surface area is 409 Å². The molecule has 6 aliphatic rings. The molecule has 70 heavy (non-hydrogen) atoms. The van der Waals surface area contributed by atoms with Crippen LogP contribution in [0.2, 0.25) is 0 Å². The molecular formula is C56H64N8O6. The highest BCUT2D eigenvalue weighted by Crippen LogP contribution is 2.45. The van der Waals surface area contributed by atoms with Crippen LogP contribution in [0.25, 0.3) is 22.5 Å². The number of aromatic amines is 2. The highest BCUT2D eigenvalue weighted by Gasteiger charge is 2.27. The van der Waals surface area contributed by atoms with E-state index in [1.807, 2.05) is 36.4 Å². The van der Waals surface area contributed by atoms with Crippen LogP contribution in [0, 0.1) is 0 Å². The van der Waals surface area contributed by atoms with E-state index < -0.39 is 0 Å². The van der Waals surface area contributed by atoms with Gasteiger partial charge in [-0.15, -0.1) is 0 Å². The number of unbranched alkanes of at least 4 members (excludes halogenated alkanes) is 1. The van der Waals surface area contributed by atoms with E-state index in [2.05, 4.69) is 96.1 Å². The Bertz CT molecular complexity index is 2940. The second kappa shape index (κ2) is 20.8. The van der Waals surface area contributed by atoms with Crippen LogP contribution in [0.5, 0.6) is 23.0 Å². The van der Waals surface area contributed by atoms with Crippen LogP contribution in [0.4, 0.5) is 22.7 Å². The zero-order valence-electron chi connectivity index (χ0n) is 40.1. The van der Waals surface area contributed by atoms with Crippen molar-refractivity contribution in [2.75, 3.05) is 106 Å². The molecule has 12 rings (SSSR count). The molecule has 2 atom stereocenters. The fourth-order valence-electron chi connectivity index (χ4n) is 10.7. The van der Waals surface area contributed by atoms with Crippen LogP contribution < -0.4 is 46.3 Å². The van der Waals surface area contributed by atoms with Crippen molar-refractivity contribution in [2.24, 2.45) is 0 Å². The number of hydrogen-bond donors (Lipinski definition) is 5. The fraction of sp³-hybridized carbons (Fsp3) is 0.393. The maximum Gasteiger partial charge on any atom is 0.250 e. The second-order valence-corrected chi connectivity index (χ2v) is 19.3. The van der Waals surface area contributed by atoms with E-state index in [0.29, 0.717) is 38.5 Å². The lowest BCUT2D eigenvalue weighted by Crippen LogP contribution is -2.36. The number of fused-ring (bicyclic) bond motifs is 4. The molecule has 6 aromatic rings. The molecule has 0 spiro atoms. The number of rotatable bonds is 11. The number of hydrogen-bond acceptors (Lipinski definition) is 12. The topological polar surface area (TPSA) is 148 Å². The molecule has 2 aromatic heterocycles. The Morgan fingerprint density at radius 3 is 1.66 bits per heavy atom. The molecule has 0 radical (unpaired) electrons. The number of nitrogens with one attached hydrogen (secondary N) is 5. The van der Waals surface area contributed by atoms with Crippen molar-refractivity contribution < 1.29 is 18.9 Å². The van der Waals surface area contributed by atoms with Gasteiger partial charge in [0, 0.05) is 128 Å². The first-order valence-electron chi connectivity index (χ1n) is 25.4. The van der Waals surface area contributed by atoms with E-state index in [4.69, 9.17) is 18.9 Å². The molecule has 8 heterocycles. The minimum absolute atomic E-state index is 0.108. The van der Waals surface area contributed by atoms with Crippen molar-refractivity contribution in [2.45, 2.75) is 57.5 Å². The number of nitrogens with zero attached hydrogens (tertiary/aromatic N) is 3. The van der Waals surface area contributed by atoms with E-state index in [1.165, 1.54) is 43.5 Å². The molecule has 0 amide bonds. The quantitative estimate of drug-likeness (QED) is 0.0852. The number of para-hydroxylation sites is 2. The summed E-state index contributed by atoms with van der Waals surface area (Å²) in [5.41, 5.74) is 11.9. The van der Waals surface area contributed by atoms with Crippen molar-refractivity contribution in [1.29, 1.82) is 0 Å². The van der Waals surface area contributed by atoms with E-state index >= 15 is 0 Å². The van der Waals surface area contributed by atoms with Gasteiger partial charge in [-0.3, -0.25) is 9.59 Å². The molecule has 0 aliphatic carbocycles. The number of likely N-dealkylation sites (tertiary alicyclic amines) is 1. The van der Waals surface area contributed by atoms with Gasteiger partial charge in [-0.25, -0.2) is 0 Å². The highest BCUT2D eigenvalue weighted by atomic mass is 16.5. The van der Waals surface area contributed by atoms with E-state index in [1.54, 1.807) is 12.1 Å². The molecule has 6 aliphatic heterocycles. The Morgan fingerprint density at radius 2 is 1.14 bits per heavy atom. The largest absolute Gasteiger partial charge is 0.456 e. The first-order valence-corrected chi connectivity index (χ1v) is 25.4. The van der Waals surface area contributed by atoms with Crippen LogP contribution in [-0.2, 0) is 22.3 Å². The van der Waals surface area contributed by atoms with Gasteiger partial charge < -0.3 is 59.6 Å². The van der Waals surface area contributed by atoms with Gasteiger partial charge in [-0.1, -0.05) is 37.6 Å². The Balaban J connectivity index is 0.000000153. The van der Waals surface area contributed by atoms with Gasteiger partial charge in [0.15, 0.2) is 0 Å². The number of ether oxygens (including phenoxy) is 4. The number of anilines is 4. The van der Waals surface area contributed by atoms with Gasteiger partial charge in [0.05, 0.1) is 37.8 Å². The summed E-state index contributed by atoms with van der Waals surface area (Å²) in [5.74, 6) is 3.40. The molecule has 14 heteroatoms. The number of benzene rings is 4. The lowest BCUT2D eigenvalue weighted by atomic mass is 9.96. The van der Waals surface area contributed by atoms with Gasteiger partial charge in [0.2, 0.25) is 11.1 Å². The smallest absolute Gasteiger partial charge is 0.250 e. The molecule has 0 bridgehead atoms. The summed E-state index contributed by atoms with van der Waals surface area (Å²) < 4.78 is 23.8. The summed E-state index contributed by atoms with van der Waals surface area (Å²) in [6.45, 7) is 13.7. The molecule has 4 fully saturated rings. The first kappa shape index (κ1) is 45.8. The average Bonchev–Trinajstić information content (AvgIpc) is 4.09. The Hall–Kier alpha value is -6.58. The van der Waals surface area contributed by atoms with Gasteiger partial charge in [-0.05, 0) is 104 Å². The Kier molecular flexibility index (Phi) is 13.6. The average molecular weight is 945 g/mol. The molecule has 0 saturated carbocycles. The van der Waals surface area contributed by atoms with Crippen LogP contribution in [-0.4, -0.2) is 112 Å². The monoisotopic (exact) mass is 944 g/mol. The van der Waals surface area contributed by atoms with Crippen molar-refractivity contribution in [3.8, 4) is 45.5 Å². The predicted octanol–water partition coefficient (Wildman–Crippen LogP) is 8.21. The lowest BCUT2D eigenvalue weighted by Gasteiger charge is -2.29. The zero-order valence-corrected chi connectivity index (χ0v) is 40.1. The SMILES string of the molecule is CCCCN1CCC(Nc2ccc3c(c2)Cc2cccc(-c4cc(N5CCOCC5)cc(=O)[nH]4)c2O3)C1.O=c1cc(N2CCOCC2)cc(-c2cccc3c2Oc2ccc(NC4CCNC4)cc2C3)[nH]1. The summed E-state index contributed by atoms with van der Waals surface area (Å²) in [7, 11) is 0. The summed E-state index contributed by atoms with van der Waals surface area (Å²) in [4.78, 5) is 38.1. The Morgan fingerprint density at radius 1 is 0.600 bits per heavy atom. The third-order valence-corrected chi connectivity index (χ3v) is 14.4. The summed E-state index contributed by atoms with van der Waals surface area (Å²) in [5, 5.41) is 10.8. The summed E-state index contributed by atoms with van der Waals surface area (Å²) >= 11 is 0. The van der Waals surface area contributed by atoms with Gasteiger partial charge in [0.25, 0.3) is 0 Å². The predicted molar refractivity (Wildman–Crippen MR) is 278 cm³/mol. The lowest BCUT2D eigenvalue weighted by molar-refractivity contribution is 0.122. The standard InChI is InChI=1S/C30H36N4O3.C26H28N4O3/c1-2-3-10-33-11-9-24(20-33)31-23-7-8-28-22(17-23)16-21-5-4-6-26(30(21)37-28)27-18-25(19-29(35)32-27)34-12-14-36-15-13-34;31-25-15-21(30-8-10-32-11-9-30)14-23(29-25)22-3-1-2-17-12-18-13-19(28-20-6-7-27-16-20)4-5-24(18)33-26(17)22/h4-8,17-19,24,31H,2-3,9-16,20H2,1H3,(H,32,35);1-5,13-15,20,27-28H,6-12,16H2,(H,29,31). The number of pyridine rings is 2. The number of H-pyrrole nitrogens is 2. The molecular weight excluding hydrogens is 881 g/mol. The van der Waals surface area contributed by atoms with Gasteiger partial charge in [-0.2, -0.15) is 0 Å². The second-order valence-electron chi connectivity index (χ2n) is 19.3. The molecule has 5 N–H and O–H groups in total. The van der Waals surface area contributed by atoms with Crippen LogP contribution in [0.1, 0.15) is 54.9 Å². The maximum atomic E-state index is 12.6. The summed E-state index contributed by atoms with van der Waals surface area (Å²) in [6.07, 6.45) is 6.44. The normalized spacial score (nSPS) is 19.4. The van der Waals surface area contributed by atoms with E-state index in [9.17, 15) is 9.59 Å². The van der Waals surface area contributed by atoms with Crippen molar-refractivity contribution in [3.05, 3.63) is 140 Å². The van der Waals surface area contributed by atoms with Gasteiger partial charge >= 0.3 is 0 Å². The van der Waals surface area contributed by atoms with E-state index in [0.717, 1.165) is 144 Å². The van der Waals surface area contributed by atoms with Crippen LogP contribution in [0.3, 0.4) is 0 Å². The third-order valence-electron chi connectivity index (χ3n) is 14.4. The maximum absolute atomic E-state index is 12.6. The minimum atomic E-state index is -0.111. The summed E-state index contributed by atoms with van der Waals surface area (Å²) in [6, 6.07) is 33.5. The fourth-order valence-corrected chi connectivity index (χ4v) is 10.7. The first-order chi connectivity index (χ1) is 34.4. The molecule has 4 aromatic carbocycles. The number of aromatic nitrogens is 2. The minimum Gasteiger partial charge on any atom is -0.456 e. The van der Waals surface area contributed by atoms with Gasteiger partial charge in [0.1, 0.15) is 23.0 Å². The number of morpholine rings is 2. The van der Waals surface area contributed by atoms with Crippen molar-refractivity contribution in [3.63, 3.8) is 0 Å². The van der Waals surface area contributed by atoms with Crippen molar-refractivity contribution >= 4 is 22.7 Å².